The van der Waals surface area contributed by atoms with Crippen LogP contribution in [0.3, 0.4) is 0 Å². The molecule has 1 saturated carbocycles. The number of rotatable bonds is 2. The summed E-state index contributed by atoms with van der Waals surface area (Å²) in [6, 6.07) is 0. The molecule has 16 heavy (non-hydrogen) atoms. The van der Waals surface area contributed by atoms with Crippen LogP contribution in [0.5, 0.6) is 0 Å². The van der Waals surface area contributed by atoms with E-state index in [9.17, 15) is 0 Å². The Morgan fingerprint density at radius 3 is 1.19 bits per heavy atom. The fourth-order valence-corrected chi connectivity index (χ4v) is 2.85. The molecule has 0 aliphatic heterocycles. The first-order valence-electron chi connectivity index (χ1n) is 7.23. The lowest BCUT2D eigenvalue weighted by atomic mass is 9.77. The molecule has 0 aromatic carbocycles. The van der Waals surface area contributed by atoms with E-state index in [1.54, 1.807) is 0 Å². The van der Waals surface area contributed by atoms with Gasteiger partial charge in [-0.2, -0.15) is 0 Å². The van der Waals surface area contributed by atoms with Crippen LogP contribution >= 0.6 is 0 Å². The third kappa shape index (κ3) is 4.84. The highest BCUT2D eigenvalue weighted by Gasteiger charge is 2.25. The van der Waals surface area contributed by atoms with Gasteiger partial charge in [-0.1, -0.05) is 57.8 Å². The van der Waals surface area contributed by atoms with Gasteiger partial charge in [0.1, 0.15) is 0 Å². The molecule has 4 N–H and O–H groups in total. The summed E-state index contributed by atoms with van der Waals surface area (Å²) in [5.74, 6) is 0. The van der Waals surface area contributed by atoms with Crippen LogP contribution in [-0.2, 0) is 0 Å². The zero-order valence-corrected chi connectivity index (χ0v) is 10.8. The molecule has 2 heteroatoms. The highest BCUT2D eigenvalue weighted by atomic mass is 14.7. The van der Waals surface area contributed by atoms with Crippen molar-refractivity contribution in [3.05, 3.63) is 0 Å². The average molecular weight is 226 g/mol. The standard InChI is InChI=1S/C14H30N2/c15-12-14(13-16)10-8-6-4-2-1-3-5-7-9-11-14/h1-13,15-16H2. The van der Waals surface area contributed by atoms with E-state index in [0.29, 0.717) is 0 Å². The largest absolute Gasteiger partial charge is 0.330 e. The molecule has 1 fully saturated rings. The summed E-state index contributed by atoms with van der Waals surface area (Å²) in [5, 5.41) is 0. The molecule has 1 aliphatic rings. The molecule has 0 amide bonds. The first-order chi connectivity index (χ1) is 7.83. The van der Waals surface area contributed by atoms with Gasteiger partial charge in [-0.3, -0.25) is 0 Å². The van der Waals surface area contributed by atoms with E-state index < -0.39 is 0 Å². The Bertz CT molecular complexity index is 150. The van der Waals surface area contributed by atoms with Crippen molar-refractivity contribution >= 4 is 0 Å². The fourth-order valence-electron chi connectivity index (χ4n) is 2.85. The first kappa shape index (κ1) is 14.0. The minimum absolute atomic E-state index is 0.263. The lowest BCUT2D eigenvalue weighted by Crippen LogP contribution is -2.38. The molecule has 0 spiro atoms. The quantitative estimate of drug-likeness (QED) is 0.759. The Kier molecular flexibility index (Phi) is 7.06. The van der Waals surface area contributed by atoms with E-state index in [4.69, 9.17) is 11.5 Å². The molecule has 0 unspecified atom stereocenters. The van der Waals surface area contributed by atoms with Gasteiger partial charge >= 0.3 is 0 Å². The Morgan fingerprint density at radius 1 is 0.562 bits per heavy atom. The summed E-state index contributed by atoms with van der Waals surface area (Å²) >= 11 is 0. The minimum Gasteiger partial charge on any atom is -0.330 e. The molecule has 0 bridgehead atoms. The van der Waals surface area contributed by atoms with E-state index >= 15 is 0 Å². The molecule has 0 aromatic rings. The maximum absolute atomic E-state index is 5.95. The van der Waals surface area contributed by atoms with Crippen LogP contribution in [0.15, 0.2) is 0 Å². The van der Waals surface area contributed by atoms with Crippen LogP contribution in [-0.4, -0.2) is 13.1 Å². The monoisotopic (exact) mass is 226 g/mol. The zero-order chi connectivity index (χ0) is 11.7. The lowest BCUT2D eigenvalue weighted by Gasteiger charge is -2.31. The highest BCUT2D eigenvalue weighted by molar-refractivity contribution is 4.81. The predicted molar refractivity (Wildman–Crippen MR) is 71.3 cm³/mol. The Balaban J connectivity index is 2.41. The minimum atomic E-state index is 0.263. The van der Waals surface area contributed by atoms with E-state index in [1.807, 2.05) is 0 Å². The highest BCUT2D eigenvalue weighted by Crippen LogP contribution is 2.30. The van der Waals surface area contributed by atoms with Crippen molar-refractivity contribution in [2.24, 2.45) is 16.9 Å². The second-order valence-corrected chi connectivity index (χ2v) is 5.59. The van der Waals surface area contributed by atoms with Crippen LogP contribution in [0.4, 0.5) is 0 Å². The molecule has 1 rings (SSSR count). The smallest absolute Gasteiger partial charge is 0.000844 e. The molecule has 1 aliphatic carbocycles. The van der Waals surface area contributed by atoms with Crippen LogP contribution in [0.2, 0.25) is 0 Å². The SMILES string of the molecule is NCC1(CN)CCCCCCCCCCC1. The topological polar surface area (TPSA) is 52.0 Å². The summed E-state index contributed by atoms with van der Waals surface area (Å²) < 4.78 is 0. The molecule has 96 valence electrons. The molecule has 0 saturated heterocycles. The van der Waals surface area contributed by atoms with Gasteiger partial charge < -0.3 is 11.5 Å². The van der Waals surface area contributed by atoms with Crippen molar-refractivity contribution in [1.82, 2.24) is 0 Å². The summed E-state index contributed by atoms with van der Waals surface area (Å²) in [5.41, 5.74) is 12.2. The van der Waals surface area contributed by atoms with Crippen molar-refractivity contribution in [3.8, 4) is 0 Å². The third-order valence-corrected chi connectivity index (χ3v) is 4.28. The van der Waals surface area contributed by atoms with Gasteiger partial charge in [0.2, 0.25) is 0 Å². The van der Waals surface area contributed by atoms with Gasteiger partial charge in [-0.15, -0.1) is 0 Å². The van der Waals surface area contributed by atoms with Crippen molar-refractivity contribution in [1.29, 1.82) is 0 Å². The second kappa shape index (κ2) is 8.08. The normalized spacial score (nSPS) is 24.4. The van der Waals surface area contributed by atoms with Gasteiger partial charge in [0.05, 0.1) is 0 Å². The predicted octanol–water partition coefficient (Wildman–Crippen LogP) is 3.19. The number of nitrogens with two attached hydrogens (primary N) is 2. The van der Waals surface area contributed by atoms with Crippen molar-refractivity contribution in [2.75, 3.05) is 13.1 Å². The van der Waals surface area contributed by atoms with Crippen molar-refractivity contribution in [3.63, 3.8) is 0 Å². The average Bonchev–Trinajstić information content (AvgIpc) is 2.31. The third-order valence-electron chi connectivity index (χ3n) is 4.28. The van der Waals surface area contributed by atoms with Crippen LogP contribution < -0.4 is 11.5 Å². The lowest BCUT2D eigenvalue weighted by molar-refractivity contribution is 0.239. The Hall–Kier alpha value is -0.0800. The summed E-state index contributed by atoms with van der Waals surface area (Å²) in [6.45, 7) is 1.56. The van der Waals surface area contributed by atoms with Crippen LogP contribution in [0.1, 0.15) is 70.6 Å². The van der Waals surface area contributed by atoms with Crippen molar-refractivity contribution < 1.29 is 0 Å². The van der Waals surface area contributed by atoms with Gasteiger partial charge in [0.15, 0.2) is 0 Å². The zero-order valence-electron chi connectivity index (χ0n) is 10.8. The number of hydrogen-bond acceptors (Lipinski definition) is 2. The Morgan fingerprint density at radius 2 is 0.875 bits per heavy atom. The first-order valence-corrected chi connectivity index (χ1v) is 7.23. The molecular weight excluding hydrogens is 196 g/mol. The van der Waals surface area contributed by atoms with Gasteiger partial charge in [0, 0.05) is 0 Å². The molecule has 0 aromatic heterocycles. The molecule has 0 heterocycles. The van der Waals surface area contributed by atoms with Gasteiger partial charge in [0.25, 0.3) is 0 Å². The molecule has 0 atom stereocenters. The van der Waals surface area contributed by atoms with Gasteiger partial charge in [-0.05, 0) is 31.3 Å². The van der Waals surface area contributed by atoms with E-state index in [2.05, 4.69) is 0 Å². The van der Waals surface area contributed by atoms with E-state index in [0.717, 1.165) is 13.1 Å². The molecule has 0 radical (unpaired) electrons. The maximum atomic E-state index is 5.95. The summed E-state index contributed by atoms with van der Waals surface area (Å²) in [6.07, 6.45) is 15.0. The molecular formula is C14H30N2. The Labute approximate surface area is 101 Å². The summed E-state index contributed by atoms with van der Waals surface area (Å²) in [4.78, 5) is 0. The summed E-state index contributed by atoms with van der Waals surface area (Å²) in [7, 11) is 0. The van der Waals surface area contributed by atoms with E-state index in [-0.39, 0.29) is 5.41 Å². The fraction of sp³-hybridized carbons (Fsp3) is 1.00. The molecule has 2 nitrogen and oxygen atoms in total. The number of hydrogen-bond donors (Lipinski definition) is 2. The van der Waals surface area contributed by atoms with Gasteiger partial charge in [-0.25, -0.2) is 0 Å². The van der Waals surface area contributed by atoms with Crippen molar-refractivity contribution in [2.45, 2.75) is 70.6 Å². The van der Waals surface area contributed by atoms with Crippen LogP contribution in [0, 0.1) is 5.41 Å². The van der Waals surface area contributed by atoms with Crippen LogP contribution in [0.25, 0.3) is 0 Å². The second-order valence-electron chi connectivity index (χ2n) is 5.59. The maximum Gasteiger partial charge on any atom is -0.000844 e. The van der Waals surface area contributed by atoms with E-state index in [1.165, 1.54) is 70.6 Å².